The standard InChI is InChI=1S/C18H23N5O/c1-14-6-7-15(16-5-4-8-19-18(14)16)11-22(2)12-17-21-20-13-23(17)9-10-24-3/h4-8,13H,9-12H2,1-3H3. The largest absolute Gasteiger partial charge is 0.383 e. The summed E-state index contributed by atoms with van der Waals surface area (Å²) in [5.74, 6) is 0.948. The number of fused-ring (bicyclic) bond motifs is 1. The summed E-state index contributed by atoms with van der Waals surface area (Å²) in [5.41, 5.74) is 3.55. The number of pyridine rings is 1. The number of ether oxygens (including phenoxy) is 1. The van der Waals surface area contributed by atoms with Gasteiger partial charge in [0.2, 0.25) is 0 Å². The lowest BCUT2D eigenvalue weighted by Crippen LogP contribution is -2.21. The molecule has 1 aromatic carbocycles. The Balaban J connectivity index is 1.75. The number of benzene rings is 1. The maximum absolute atomic E-state index is 5.13. The van der Waals surface area contributed by atoms with Gasteiger partial charge in [-0.3, -0.25) is 9.88 Å². The molecule has 24 heavy (non-hydrogen) atoms. The number of aryl methyl sites for hydroxylation is 1. The third-order valence-electron chi connectivity index (χ3n) is 4.15. The molecule has 0 amide bonds. The summed E-state index contributed by atoms with van der Waals surface area (Å²) in [5, 5.41) is 9.46. The third kappa shape index (κ3) is 3.60. The van der Waals surface area contributed by atoms with Crippen LogP contribution in [-0.4, -0.2) is 45.4 Å². The lowest BCUT2D eigenvalue weighted by molar-refractivity contribution is 0.184. The van der Waals surface area contributed by atoms with Gasteiger partial charge in [0.15, 0.2) is 0 Å². The number of aromatic nitrogens is 4. The van der Waals surface area contributed by atoms with Crippen LogP contribution in [0, 0.1) is 6.92 Å². The first-order chi connectivity index (χ1) is 11.7. The van der Waals surface area contributed by atoms with Gasteiger partial charge in [0.25, 0.3) is 0 Å². The van der Waals surface area contributed by atoms with Crippen molar-refractivity contribution in [3.8, 4) is 0 Å². The molecule has 0 aliphatic carbocycles. The normalized spacial score (nSPS) is 11.5. The number of methoxy groups -OCH3 is 1. The second-order valence-corrected chi connectivity index (χ2v) is 6.05. The Hall–Kier alpha value is -2.31. The van der Waals surface area contributed by atoms with Gasteiger partial charge in [-0.2, -0.15) is 0 Å². The van der Waals surface area contributed by atoms with Crippen LogP contribution in [0.25, 0.3) is 10.9 Å². The molecule has 6 heteroatoms. The quantitative estimate of drug-likeness (QED) is 0.668. The van der Waals surface area contributed by atoms with Crippen molar-refractivity contribution in [1.82, 2.24) is 24.6 Å². The van der Waals surface area contributed by atoms with E-state index in [2.05, 4.69) is 52.3 Å². The van der Waals surface area contributed by atoms with Gasteiger partial charge in [-0.1, -0.05) is 18.2 Å². The highest BCUT2D eigenvalue weighted by atomic mass is 16.5. The van der Waals surface area contributed by atoms with Gasteiger partial charge < -0.3 is 9.30 Å². The smallest absolute Gasteiger partial charge is 0.147 e. The van der Waals surface area contributed by atoms with Crippen molar-refractivity contribution in [2.24, 2.45) is 0 Å². The number of hydrogen-bond donors (Lipinski definition) is 0. The minimum Gasteiger partial charge on any atom is -0.383 e. The molecule has 6 nitrogen and oxygen atoms in total. The third-order valence-corrected chi connectivity index (χ3v) is 4.15. The number of hydrogen-bond acceptors (Lipinski definition) is 5. The van der Waals surface area contributed by atoms with Crippen LogP contribution < -0.4 is 0 Å². The highest BCUT2D eigenvalue weighted by Gasteiger charge is 2.11. The van der Waals surface area contributed by atoms with Crippen LogP contribution in [0.1, 0.15) is 17.0 Å². The van der Waals surface area contributed by atoms with E-state index in [9.17, 15) is 0 Å². The van der Waals surface area contributed by atoms with E-state index in [1.54, 1.807) is 13.4 Å². The fourth-order valence-corrected chi connectivity index (χ4v) is 2.88. The lowest BCUT2D eigenvalue weighted by Gasteiger charge is -2.18. The van der Waals surface area contributed by atoms with E-state index in [0.717, 1.165) is 31.0 Å². The Morgan fingerprint density at radius 2 is 2.08 bits per heavy atom. The summed E-state index contributed by atoms with van der Waals surface area (Å²) in [6, 6.07) is 8.46. The first-order valence-electron chi connectivity index (χ1n) is 8.06. The van der Waals surface area contributed by atoms with E-state index in [1.807, 2.05) is 16.8 Å². The maximum atomic E-state index is 5.13. The highest BCUT2D eigenvalue weighted by Crippen LogP contribution is 2.21. The molecule has 0 spiro atoms. The predicted molar refractivity (Wildman–Crippen MR) is 93.5 cm³/mol. The van der Waals surface area contributed by atoms with Crippen molar-refractivity contribution in [3.05, 3.63) is 53.7 Å². The van der Waals surface area contributed by atoms with Crippen molar-refractivity contribution in [3.63, 3.8) is 0 Å². The van der Waals surface area contributed by atoms with Gasteiger partial charge >= 0.3 is 0 Å². The van der Waals surface area contributed by atoms with E-state index in [-0.39, 0.29) is 0 Å². The monoisotopic (exact) mass is 325 g/mol. The zero-order valence-electron chi connectivity index (χ0n) is 14.4. The molecule has 0 radical (unpaired) electrons. The average Bonchev–Trinajstić information content (AvgIpc) is 3.02. The van der Waals surface area contributed by atoms with E-state index in [0.29, 0.717) is 6.61 Å². The molecule has 0 aliphatic heterocycles. The van der Waals surface area contributed by atoms with Gasteiger partial charge in [-0.25, -0.2) is 0 Å². The molecule has 0 unspecified atom stereocenters. The van der Waals surface area contributed by atoms with Crippen LogP contribution in [0.3, 0.4) is 0 Å². The molecule has 3 aromatic rings. The maximum Gasteiger partial charge on any atom is 0.147 e. The zero-order chi connectivity index (χ0) is 16.9. The van der Waals surface area contributed by atoms with Crippen LogP contribution in [0.2, 0.25) is 0 Å². The molecule has 0 saturated heterocycles. The summed E-state index contributed by atoms with van der Waals surface area (Å²) < 4.78 is 7.17. The van der Waals surface area contributed by atoms with Crippen molar-refractivity contribution in [2.45, 2.75) is 26.6 Å². The Morgan fingerprint density at radius 3 is 2.92 bits per heavy atom. The molecule has 2 aromatic heterocycles. The summed E-state index contributed by atoms with van der Waals surface area (Å²) in [6.45, 7) is 5.09. The fraction of sp³-hybridized carbons (Fsp3) is 0.389. The van der Waals surface area contributed by atoms with Gasteiger partial charge in [-0.05, 0) is 31.2 Å². The molecule has 0 atom stereocenters. The average molecular weight is 325 g/mol. The molecule has 0 fully saturated rings. The molecular weight excluding hydrogens is 302 g/mol. The molecule has 0 N–H and O–H groups in total. The van der Waals surface area contributed by atoms with Crippen LogP contribution in [0.5, 0.6) is 0 Å². The van der Waals surface area contributed by atoms with Gasteiger partial charge in [0, 0.05) is 31.8 Å². The SMILES string of the molecule is COCCn1cnnc1CN(C)Cc1ccc(C)c2ncccc12. The van der Waals surface area contributed by atoms with E-state index < -0.39 is 0 Å². The van der Waals surface area contributed by atoms with Crippen LogP contribution in [0.4, 0.5) is 0 Å². The molecule has 3 rings (SSSR count). The summed E-state index contributed by atoms with van der Waals surface area (Å²) in [4.78, 5) is 6.75. The van der Waals surface area contributed by atoms with Crippen LogP contribution >= 0.6 is 0 Å². The minimum absolute atomic E-state index is 0.656. The van der Waals surface area contributed by atoms with Gasteiger partial charge in [0.1, 0.15) is 12.2 Å². The van der Waals surface area contributed by atoms with Crippen molar-refractivity contribution < 1.29 is 4.74 Å². The Bertz CT molecular complexity index is 814. The van der Waals surface area contributed by atoms with E-state index in [4.69, 9.17) is 4.74 Å². The molecule has 0 bridgehead atoms. The van der Waals surface area contributed by atoms with Crippen LogP contribution in [-0.2, 0) is 24.4 Å². The van der Waals surface area contributed by atoms with Crippen LogP contribution in [0.15, 0.2) is 36.8 Å². The Labute approximate surface area is 142 Å². The van der Waals surface area contributed by atoms with Gasteiger partial charge in [-0.15, -0.1) is 10.2 Å². The van der Waals surface area contributed by atoms with E-state index >= 15 is 0 Å². The summed E-state index contributed by atoms with van der Waals surface area (Å²) in [6.07, 6.45) is 3.61. The summed E-state index contributed by atoms with van der Waals surface area (Å²) in [7, 11) is 3.80. The summed E-state index contributed by atoms with van der Waals surface area (Å²) >= 11 is 0. The molecule has 0 saturated carbocycles. The predicted octanol–water partition coefficient (Wildman–Crippen LogP) is 2.41. The minimum atomic E-state index is 0.656. The highest BCUT2D eigenvalue weighted by molar-refractivity contribution is 5.84. The molecule has 126 valence electrons. The number of rotatable bonds is 7. The van der Waals surface area contributed by atoms with Gasteiger partial charge in [0.05, 0.1) is 18.7 Å². The zero-order valence-corrected chi connectivity index (χ0v) is 14.4. The van der Waals surface area contributed by atoms with E-state index in [1.165, 1.54) is 16.5 Å². The van der Waals surface area contributed by atoms with Crippen molar-refractivity contribution in [2.75, 3.05) is 20.8 Å². The Morgan fingerprint density at radius 1 is 1.21 bits per heavy atom. The molecule has 2 heterocycles. The van der Waals surface area contributed by atoms with Crippen molar-refractivity contribution >= 4 is 10.9 Å². The fourth-order valence-electron chi connectivity index (χ4n) is 2.88. The topological polar surface area (TPSA) is 56.1 Å². The second-order valence-electron chi connectivity index (χ2n) is 6.05. The first kappa shape index (κ1) is 16.5. The Kier molecular flexibility index (Phi) is 5.17. The first-order valence-corrected chi connectivity index (χ1v) is 8.06. The molecule has 0 aliphatic rings. The lowest BCUT2D eigenvalue weighted by atomic mass is 10.0. The van der Waals surface area contributed by atoms with Crippen molar-refractivity contribution in [1.29, 1.82) is 0 Å². The second kappa shape index (κ2) is 7.51. The molecular formula is C18H23N5O. The number of nitrogens with zero attached hydrogens (tertiary/aromatic N) is 5.